The van der Waals surface area contributed by atoms with Crippen molar-refractivity contribution in [3.05, 3.63) is 29.3 Å². The van der Waals surface area contributed by atoms with E-state index in [0.717, 1.165) is 6.07 Å². The molecule has 15 heavy (non-hydrogen) atoms. The first-order valence-corrected chi connectivity index (χ1v) is 4.37. The summed E-state index contributed by atoms with van der Waals surface area (Å²) in [4.78, 5) is 0. The van der Waals surface area contributed by atoms with E-state index < -0.39 is 11.7 Å². The molecule has 1 N–H and O–H groups in total. The Morgan fingerprint density at radius 2 is 2.00 bits per heavy atom. The lowest BCUT2D eigenvalue weighted by atomic mass is 10.1. The van der Waals surface area contributed by atoms with E-state index in [1.807, 2.05) is 0 Å². The second-order valence-corrected chi connectivity index (χ2v) is 3.00. The summed E-state index contributed by atoms with van der Waals surface area (Å²) in [5.41, 5.74) is -0.670. The van der Waals surface area contributed by atoms with Gasteiger partial charge in [0.1, 0.15) is 12.4 Å². The van der Waals surface area contributed by atoms with Gasteiger partial charge in [0.05, 0.1) is 12.2 Å². The Morgan fingerprint density at radius 1 is 1.33 bits per heavy atom. The number of aliphatic hydroxyl groups excluding tert-OH is 1. The van der Waals surface area contributed by atoms with E-state index in [-0.39, 0.29) is 24.5 Å². The third-order valence-electron chi connectivity index (χ3n) is 1.94. The molecule has 0 aliphatic heterocycles. The van der Waals surface area contributed by atoms with E-state index in [9.17, 15) is 13.2 Å². The lowest BCUT2D eigenvalue weighted by molar-refractivity contribution is -0.138. The monoisotopic (exact) mass is 220 g/mol. The first-order chi connectivity index (χ1) is 6.96. The fraction of sp³-hybridized carbons (Fsp3) is 0.400. The molecule has 1 aromatic carbocycles. The fourth-order valence-electron chi connectivity index (χ4n) is 1.23. The smallest absolute Gasteiger partial charge is 0.416 e. The molecule has 0 unspecified atom stereocenters. The van der Waals surface area contributed by atoms with Crippen molar-refractivity contribution in [3.8, 4) is 5.75 Å². The number of hydrogen-bond acceptors (Lipinski definition) is 2. The molecule has 0 amide bonds. The quantitative estimate of drug-likeness (QED) is 0.847. The summed E-state index contributed by atoms with van der Waals surface area (Å²) < 4.78 is 42.3. The molecule has 0 atom stereocenters. The van der Waals surface area contributed by atoms with Crippen LogP contribution in [-0.4, -0.2) is 18.3 Å². The number of alkyl halides is 3. The van der Waals surface area contributed by atoms with E-state index in [4.69, 9.17) is 9.84 Å². The third kappa shape index (κ3) is 2.86. The van der Waals surface area contributed by atoms with Crippen LogP contribution in [0.1, 0.15) is 11.1 Å². The highest BCUT2D eigenvalue weighted by Crippen LogP contribution is 2.35. The molecular weight excluding hydrogens is 209 g/mol. The van der Waals surface area contributed by atoms with Gasteiger partial charge in [0.2, 0.25) is 0 Å². The van der Waals surface area contributed by atoms with Crippen LogP contribution < -0.4 is 4.74 Å². The van der Waals surface area contributed by atoms with Gasteiger partial charge in [0.15, 0.2) is 0 Å². The van der Waals surface area contributed by atoms with Gasteiger partial charge in [-0.25, -0.2) is 0 Å². The maximum absolute atomic E-state index is 12.4. The van der Waals surface area contributed by atoms with E-state index in [2.05, 4.69) is 0 Å². The van der Waals surface area contributed by atoms with Crippen molar-refractivity contribution in [2.75, 3.05) is 13.2 Å². The van der Waals surface area contributed by atoms with Crippen molar-refractivity contribution >= 4 is 0 Å². The lowest BCUT2D eigenvalue weighted by Crippen LogP contribution is -2.10. The number of hydrogen-bond donors (Lipinski definition) is 1. The van der Waals surface area contributed by atoms with E-state index in [0.29, 0.717) is 0 Å². The molecule has 0 aliphatic rings. The molecular formula is C10H11F3O2. The molecule has 0 heterocycles. The molecule has 5 heteroatoms. The predicted octanol–water partition coefficient (Wildman–Crippen LogP) is 2.38. The Bertz CT molecular complexity index is 334. The van der Waals surface area contributed by atoms with Gasteiger partial charge in [-0.05, 0) is 19.1 Å². The largest absolute Gasteiger partial charge is 0.491 e. The Morgan fingerprint density at radius 3 is 2.53 bits per heavy atom. The predicted molar refractivity (Wildman–Crippen MR) is 48.8 cm³/mol. The van der Waals surface area contributed by atoms with Crippen molar-refractivity contribution in [2.24, 2.45) is 0 Å². The molecule has 84 valence electrons. The molecule has 0 saturated heterocycles. The lowest BCUT2D eigenvalue weighted by Gasteiger charge is -2.13. The maximum atomic E-state index is 12.4. The summed E-state index contributed by atoms with van der Waals surface area (Å²) in [6.45, 7) is 1.10. The molecule has 1 aromatic rings. The Balaban J connectivity index is 3.01. The van der Waals surface area contributed by atoms with Gasteiger partial charge < -0.3 is 9.84 Å². The zero-order valence-corrected chi connectivity index (χ0v) is 8.14. The van der Waals surface area contributed by atoms with Gasteiger partial charge in [0, 0.05) is 5.56 Å². The fourth-order valence-corrected chi connectivity index (χ4v) is 1.23. The second-order valence-electron chi connectivity index (χ2n) is 3.00. The minimum atomic E-state index is -4.37. The molecule has 0 bridgehead atoms. The number of benzene rings is 1. The number of rotatable bonds is 3. The molecule has 1 rings (SSSR count). The normalized spacial score (nSPS) is 11.5. The Labute approximate surface area is 85.3 Å². The van der Waals surface area contributed by atoms with E-state index in [1.165, 1.54) is 19.1 Å². The minimum absolute atomic E-state index is 0.0118. The summed E-state index contributed by atoms with van der Waals surface area (Å²) in [6.07, 6.45) is -4.37. The maximum Gasteiger partial charge on any atom is 0.416 e. The second kappa shape index (κ2) is 4.53. The van der Waals surface area contributed by atoms with Crippen LogP contribution >= 0.6 is 0 Å². The van der Waals surface area contributed by atoms with Crippen LogP contribution in [0.3, 0.4) is 0 Å². The van der Waals surface area contributed by atoms with Gasteiger partial charge in [-0.1, -0.05) is 6.07 Å². The first kappa shape index (κ1) is 11.8. The van der Waals surface area contributed by atoms with Gasteiger partial charge >= 0.3 is 6.18 Å². The van der Waals surface area contributed by atoms with Crippen molar-refractivity contribution in [1.29, 1.82) is 0 Å². The van der Waals surface area contributed by atoms with Crippen LogP contribution in [0.15, 0.2) is 18.2 Å². The third-order valence-corrected chi connectivity index (χ3v) is 1.94. The van der Waals surface area contributed by atoms with Crippen LogP contribution in [-0.2, 0) is 6.18 Å². The van der Waals surface area contributed by atoms with Gasteiger partial charge in [-0.3, -0.25) is 0 Å². The summed E-state index contributed by atoms with van der Waals surface area (Å²) in [5, 5.41) is 8.50. The molecule has 2 nitrogen and oxygen atoms in total. The standard InChI is InChI=1S/C10H11F3O2/c1-7-8(10(11,12)13)3-2-4-9(7)15-6-5-14/h2-4,14H,5-6H2,1H3. The van der Waals surface area contributed by atoms with Crippen LogP contribution in [0.25, 0.3) is 0 Å². The van der Waals surface area contributed by atoms with Gasteiger partial charge in [-0.15, -0.1) is 0 Å². The molecule has 0 fully saturated rings. The van der Waals surface area contributed by atoms with Crippen molar-refractivity contribution in [2.45, 2.75) is 13.1 Å². The SMILES string of the molecule is Cc1c(OCCO)cccc1C(F)(F)F. The molecule has 0 spiro atoms. The number of ether oxygens (including phenoxy) is 1. The Hall–Kier alpha value is -1.23. The minimum Gasteiger partial charge on any atom is -0.491 e. The molecule has 0 aromatic heterocycles. The zero-order chi connectivity index (χ0) is 11.5. The number of aliphatic hydroxyl groups is 1. The topological polar surface area (TPSA) is 29.5 Å². The highest BCUT2D eigenvalue weighted by Gasteiger charge is 2.33. The summed E-state index contributed by atoms with van der Waals surface area (Å²) in [6, 6.07) is 3.73. The molecule has 0 aliphatic carbocycles. The average molecular weight is 220 g/mol. The van der Waals surface area contributed by atoms with Gasteiger partial charge in [0.25, 0.3) is 0 Å². The van der Waals surface area contributed by atoms with Crippen LogP contribution in [0.2, 0.25) is 0 Å². The number of halogens is 3. The van der Waals surface area contributed by atoms with Crippen molar-refractivity contribution < 1.29 is 23.0 Å². The first-order valence-electron chi connectivity index (χ1n) is 4.37. The Kier molecular flexibility index (Phi) is 3.57. The van der Waals surface area contributed by atoms with Gasteiger partial charge in [-0.2, -0.15) is 13.2 Å². The zero-order valence-electron chi connectivity index (χ0n) is 8.14. The molecule has 0 saturated carbocycles. The average Bonchev–Trinajstić information content (AvgIpc) is 2.14. The van der Waals surface area contributed by atoms with E-state index >= 15 is 0 Å². The van der Waals surface area contributed by atoms with Crippen LogP contribution in [0.5, 0.6) is 5.75 Å². The van der Waals surface area contributed by atoms with E-state index in [1.54, 1.807) is 0 Å². The highest BCUT2D eigenvalue weighted by molar-refractivity contribution is 5.40. The summed E-state index contributed by atoms with van der Waals surface area (Å²) in [5.74, 6) is 0.152. The molecule has 0 radical (unpaired) electrons. The van der Waals surface area contributed by atoms with Crippen molar-refractivity contribution in [1.82, 2.24) is 0 Å². The summed E-state index contributed by atoms with van der Waals surface area (Å²) in [7, 11) is 0. The van der Waals surface area contributed by atoms with Crippen LogP contribution in [0, 0.1) is 6.92 Å². The summed E-state index contributed by atoms with van der Waals surface area (Å²) >= 11 is 0. The highest BCUT2D eigenvalue weighted by atomic mass is 19.4. The van der Waals surface area contributed by atoms with Crippen LogP contribution in [0.4, 0.5) is 13.2 Å². The van der Waals surface area contributed by atoms with Crippen molar-refractivity contribution in [3.63, 3.8) is 0 Å².